The van der Waals surface area contributed by atoms with Gasteiger partial charge in [-0.2, -0.15) is 0 Å². The Labute approximate surface area is 190 Å². The molecule has 0 bridgehead atoms. The molecule has 1 heterocycles. The van der Waals surface area contributed by atoms with Crippen LogP contribution >= 0.6 is 24.0 Å². The molecule has 3 rings (SSSR count). The van der Waals surface area contributed by atoms with Crippen LogP contribution in [0.5, 0.6) is 5.75 Å². The number of rotatable bonds is 6. The molecular weight excluding hydrogens is 479 g/mol. The first kappa shape index (κ1) is 23.4. The fourth-order valence-electron chi connectivity index (χ4n) is 3.55. The van der Waals surface area contributed by atoms with E-state index in [1.54, 1.807) is 7.11 Å². The Hall–Kier alpha value is -1.84. The summed E-state index contributed by atoms with van der Waals surface area (Å²) in [5.74, 6) is 1.20. The molecular formula is C22H31IN4O2. The molecule has 6 nitrogen and oxygen atoms in total. The van der Waals surface area contributed by atoms with E-state index in [0.29, 0.717) is 12.5 Å². The zero-order valence-electron chi connectivity index (χ0n) is 17.3. The molecule has 0 radical (unpaired) electrons. The molecule has 7 heteroatoms. The van der Waals surface area contributed by atoms with Crippen molar-refractivity contribution in [1.29, 1.82) is 0 Å². The Morgan fingerprint density at radius 2 is 1.72 bits per heavy atom. The van der Waals surface area contributed by atoms with Crippen molar-refractivity contribution in [3.8, 4) is 5.75 Å². The number of nitrogens with one attached hydrogen (secondary N) is 1. The Morgan fingerprint density at radius 3 is 2.34 bits per heavy atom. The fraction of sp³-hybridized carbons (Fsp3) is 0.409. The third-order valence-electron chi connectivity index (χ3n) is 4.79. The average Bonchev–Trinajstić information content (AvgIpc) is 2.67. The Bertz CT molecular complexity index is 788. The van der Waals surface area contributed by atoms with Crippen LogP contribution in [0.25, 0.3) is 0 Å². The summed E-state index contributed by atoms with van der Waals surface area (Å²) in [4.78, 5) is 6.97. The van der Waals surface area contributed by atoms with Crippen LogP contribution in [0.15, 0.2) is 53.5 Å². The number of hydrogen-bond donors (Lipinski definition) is 2. The lowest BCUT2D eigenvalue weighted by Gasteiger charge is -2.35. The van der Waals surface area contributed by atoms with E-state index in [0.717, 1.165) is 31.1 Å². The number of nitrogens with zero attached hydrogens (tertiary/aromatic N) is 2. The van der Waals surface area contributed by atoms with E-state index in [4.69, 9.17) is 15.2 Å². The predicted molar refractivity (Wildman–Crippen MR) is 129 cm³/mol. The maximum atomic E-state index is 6.08. The van der Waals surface area contributed by atoms with E-state index in [9.17, 15) is 0 Å². The monoisotopic (exact) mass is 510 g/mol. The van der Waals surface area contributed by atoms with Gasteiger partial charge in [-0.15, -0.1) is 24.0 Å². The molecule has 0 amide bonds. The number of guanidine groups is 1. The van der Waals surface area contributed by atoms with Crippen molar-refractivity contribution < 1.29 is 9.47 Å². The second kappa shape index (κ2) is 11.4. The highest BCUT2D eigenvalue weighted by Gasteiger charge is 2.22. The van der Waals surface area contributed by atoms with Gasteiger partial charge < -0.3 is 20.5 Å². The molecule has 0 saturated carbocycles. The number of hydrogen-bond acceptors (Lipinski definition) is 4. The molecule has 2 atom stereocenters. The van der Waals surface area contributed by atoms with Crippen molar-refractivity contribution in [2.75, 3.05) is 25.5 Å². The lowest BCUT2D eigenvalue weighted by Crippen LogP contribution is -2.44. The Morgan fingerprint density at radius 1 is 1.10 bits per heavy atom. The van der Waals surface area contributed by atoms with Gasteiger partial charge in [0, 0.05) is 25.3 Å². The number of nitrogens with two attached hydrogens (primary N) is 1. The molecule has 0 aliphatic carbocycles. The van der Waals surface area contributed by atoms with Crippen LogP contribution in [-0.2, 0) is 17.8 Å². The van der Waals surface area contributed by atoms with Crippen molar-refractivity contribution in [3.05, 3.63) is 59.7 Å². The van der Waals surface area contributed by atoms with E-state index >= 15 is 0 Å². The predicted octanol–water partition coefficient (Wildman–Crippen LogP) is 3.85. The van der Waals surface area contributed by atoms with Crippen molar-refractivity contribution >= 4 is 35.6 Å². The van der Waals surface area contributed by atoms with Crippen molar-refractivity contribution in [1.82, 2.24) is 4.90 Å². The maximum absolute atomic E-state index is 6.08. The third kappa shape index (κ3) is 7.17. The molecule has 1 aliphatic heterocycles. The van der Waals surface area contributed by atoms with Gasteiger partial charge in [0.05, 0.1) is 25.9 Å². The summed E-state index contributed by atoms with van der Waals surface area (Å²) in [7, 11) is 1.65. The minimum atomic E-state index is 0. The summed E-state index contributed by atoms with van der Waals surface area (Å²) in [6, 6.07) is 16.0. The molecule has 1 aliphatic rings. The summed E-state index contributed by atoms with van der Waals surface area (Å²) < 4.78 is 11.0. The van der Waals surface area contributed by atoms with Gasteiger partial charge in [0.25, 0.3) is 0 Å². The molecule has 0 spiro atoms. The highest BCUT2D eigenvalue weighted by molar-refractivity contribution is 14.0. The standard InChI is InChI=1S/C22H30N4O2.HI/c1-16-13-26(14-17(2)28-16)15-19-7-5-4-6-18(19)12-24-22(23)25-20-8-10-21(27-3)11-9-20;/h4-11,16-17H,12-15H2,1-3H3,(H3,23,24,25);1H. The Balaban J connectivity index is 0.00000300. The first-order valence-electron chi connectivity index (χ1n) is 9.69. The van der Waals surface area contributed by atoms with Crippen LogP contribution in [0.2, 0.25) is 0 Å². The van der Waals surface area contributed by atoms with Gasteiger partial charge in [0.2, 0.25) is 0 Å². The largest absolute Gasteiger partial charge is 0.497 e. The van der Waals surface area contributed by atoms with Crippen LogP contribution < -0.4 is 15.8 Å². The molecule has 3 N–H and O–H groups in total. The summed E-state index contributed by atoms with van der Waals surface area (Å²) in [5, 5.41) is 3.12. The van der Waals surface area contributed by atoms with Gasteiger partial charge in [-0.3, -0.25) is 4.90 Å². The minimum absolute atomic E-state index is 0. The van der Waals surface area contributed by atoms with Crippen LogP contribution in [-0.4, -0.2) is 43.3 Å². The molecule has 29 heavy (non-hydrogen) atoms. The summed E-state index contributed by atoms with van der Waals surface area (Å²) in [6.07, 6.45) is 0.525. The van der Waals surface area contributed by atoms with E-state index in [1.807, 2.05) is 30.3 Å². The van der Waals surface area contributed by atoms with E-state index in [1.165, 1.54) is 11.1 Å². The number of halogens is 1. The first-order chi connectivity index (χ1) is 13.5. The van der Waals surface area contributed by atoms with E-state index in [-0.39, 0.29) is 36.2 Å². The zero-order valence-corrected chi connectivity index (χ0v) is 19.6. The smallest absolute Gasteiger partial charge is 0.193 e. The lowest BCUT2D eigenvalue weighted by molar-refractivity contribution is -0.0705. The molecule has 158 valence electrons. The number of benzene rings is 2. The highest BCUT2D eigenvalue weighted by atomic mass is 127. The highest BCUT2D eigenvalue weighted by Crippen LogP contribution is 2.18. The van der Waals surface area contributed by atoms with Gasteiger partial charge in [-0.05, 0) is 49.2 Å². The first-order valence-corrected chi connectivity index (χ1v) is 9.69. The Kier molecular flexibility index (Phi) is 9.19. The topological polar surface area (TPSA) is 72.1 Å². The number of morpholine rings is 1. The van der Waals surface area contributed by atoms with Crippen LogP contribution in [0.4, 0.5) is 5.69 Å². The van der Waals surface area contributed by atoms with E-state index < -0.39 is 0 Å². The average molecular weight is 510 g/mol. The van der Waals surface area contributed by atoms with Crippen molar-refractivity contribution in [2.24, 2.45) is 10.7 Å². The van der Waals surface area contributed by atoms with Gasteiger partial charge in [0.15, 0.2) is 5.96 Å². The normalized spacial score (nSPS) is 20.0. The fourth-order valence-corrected chi connectivity index (χ4v) is 3.55. The van der Waals surface area contributed by atoms with Gasteiger partial charge in [0.1, 0.15) is 5.75 Å². The zero-order chi connectivity index (χ0) is 19.9. The molecule has 2 aromatic rings. The number of aliphatic imine (C=N–C) groups is 1. The number of anilines is 1. The maximum Gasteiger partial charge on any atom is 0.193 e. The second-order valence-electron chi connectivity index (χ2n) is 7.28. The minimum Gasteiger partial charge on any atom is -0.497 e. The molecule has 2 aromatic carbocycles. The van der Waals surface area contributed by atoms with Gasteiger partial charge in [-0.25, -0.2) is 4.99 Å². The molecule has 2 unspecified atom stereocenters. The molecule has 0 aromatic heterocycles. The van der Waals surface area contributed by atoms with Crippen LogP contribution in [0.1, 0.15) is 25.0 Å². The van der Waals surface area contributed by atoms with Crippen molar-refractivity contribution in [3.63, 3.8) is 0 Å². The van der Waals surface area contributed by atoms with E-state index in [2.05, 4.69) is 47.3 Å². The van der Waals surface area contributed by atoms with Crippen LogP contribution in [0.3, 0.4) is 0 Å². The van der Waals surface area contributed by atoms with Crippen molar-refractivity contribution in [2.45, 2.75) is 39.1 Å². The van der Waals surface area contributed by atoms with Gasteiger partial charge in [-0.1, -0.05) is 24.3 Å². The molecule has 1 fully saturated rings. The lowest BCUT2D eigenvalue weighted by atomic mass is 10.1. The van der Waals surface area contributed by atoms with Gasteiger partial charge >= 0.3 is 0 Å². The summed E-state index contributed by atoms with van der Waals surface area (Å²) in [5.41, 5.74) is 9.43. The number of ether oxygens (including phenoxy) is 2. The second-order valence-corrected chi connectivity index (χ2v) is 7.28. The SMILES string of the molecule is COc1ccc(NC(N)=NCc2ccccc2CN2CC(C)OC(C)C2)cc1.I. The molecule has 1 saturated heterocycles. The number of methoxy groups -OCH3 is 1. The third-order valence-corrected chi connectivity index (χ3v) is 4.79. The summed E-state index contributed by atoms with van der Waals surface area (Å²) in [6.45, 7) is 7.59. The van der Waals surface area contributed by atoms with Crippen LogP contribution in [0, 0.1) is 0 Å². The quantitative estimate of drug-likeness (QED) is 0.351. The summed E-state index contributed by atoms with van der Waals surface area (Å²) >= 11 is 0.